The van der Waals surface area contributed by atoms with E-state index in [9.17, 15) is 0 Å². The van der Waals surface area contributed by atoms with Crippen LogP contribution < -0.4 is 10.7 Å². The van der Waals surface area contributed by atoms with E-state index in [2.05, 4.69) is 92.9 Å². The highest BCUT2D eigenvalue weighted by Crippen LogP contribution is 2.18. The van der Waals surface area contributed by atoms with Gasteiger partial charge in [-0.15, -0.1) is 0 Å². The van der Waals surface area contributed by atoms with Gasteiger partial charge >= 0.3 is 0 Å². The SMILES string of the molecule is C=CN/N=C\C(C)=C(/C)c1ccc(CCNC(=C)N(C)CC(C)C)cc1. The van der Waals surface area contributed by atoms with Gasteiger partial charge in [0.15, 0.2) is 0 Å². The van der Waals surface area contributed by atoms with E-state index in [0.29, 0.717) is 5.92 Å². The number of hydrazone groups is 1. The van der Waals surface area contributed by atoms with E-state index in [0.717, 1.165) is 30.9 Å². The lowest BCUT2D eigenvalue weighted by molar-refractivity contribution is 0.339. The number of rotatable bonds is 11. The van der Waals surface area contributed by atoms with Crippen LogP contribution in [0.15, 0.2) is 60.1 Å². The van der Waals surface area contributed by atoms with Gasteiger partial charge in [-0.05, 0) is 48.5 Å². The van der Waals surface area contributed by atoms with Crippen molar-refractivity contribution in [2.45, 2.75) is 34.1 Å². The number of nitrogens with zero attached hydrogens (tertiary/aromatic N) is 2. The van der Waals surface area contributed by atoms with Gasteiger partial charge in [0.2, 0.25) is 0 Å². The van der Waals surface area contributed by atoms with Crippen LogP contribution >= 0.6 is 0 Å². The second-order valence-electron chi connectivity index (χ2n) is 6.99. The summed E-state index contributed by atoms with van der Waals surface area (Å²) < 4.78 is 0. The average Bonchev–Trinajstić information content (AvgIpc) is 2.61. The first-order chi connectivity index (χ1) is 12.3. The minimum atomic E-state index is 0.628. The molecule has 0 aliphatic rings. The Labute approximate surface area is 159 Å². The molecule has 0 bridgehead atoms. The lowest BCUT2D eigenvalue weighted by Crippen LogP contribution is -2.31. The molecule has 1 aromatic carbocycles. The molecule has 142 valence electrons. The van der Waals surface area contributed by atoms with E-state index in [-0.39, 0.29) is 0 Å². The largest absolute Gasteiger partial charge is 0.372 e. The van der Waals surface area contributed by atoms with Crippen molar-refractivity contribution in [2.75, 3.05) is 20.1 Å². The Balaban J connectivity index is 2.56. The molecule has 0 saturated heterocycles. The van der Waals surface area contributed by atoms with Crippen LogP contribution in [-0.4, -0.2) is 31.3 Å². The van der Waals surface area contributed by atoms with Crippen molar-refractivity contribution in [2.24, 2.45) is 11.0 Å². The number of nitrogens with one attached hydrogen (secondary N) is 2. The minimum absolute atomic E-state index is 0.628. The van der Waals surface area contributed by atoms with Crippen LogP contribution in [-0.2, 0) is 6.42 Å². The number of hydrogen-bond acceptors (Lipinski definition) is 4. The van der Waals surface area contributed by atoms with Crippen LogP contribution in [0.5, 0.6) is 0 Å². The van der Waals surface area contributed by atoms with E-state index >= 15 is 0 Å². The third kappa shape index (κ3) is 7.60. The highest BCUT2D eigenvalue weighted by molar-refractivity contribution is 5.89. The first kappa shape index (κ1) is 21.6. The molecule has 0 aliphatic heterocycles. The quantitative estimate of drug-likeness (QED) is 0.457. The van der Waals surface area contributed by atoms with Crippen molar-refractivity contribution in [3.63, 3.8) is 0 Å². The van der Waals surface area contributed by atoms with Crippen LogP contribution in [0, 0.1) is 5.92 Å². The van der Waals surface area contributed by atoms with Crippen LogP contribution in [0.3, 0.4) is 0 Å². The zero-order valence-corrected chi connectivity index (χ0v) is 17.0. The zero-order valence-electron chi connectivity index (χ0n) is 17.0. The lowest BCUT2D eigenvalue weighted by atomic mass is 10.0. The Hall–Kier alpha value is -2.49. The van der Waals surface area contributed by atoms with Crippen LogP contribution in [0.4, 0.5) is 0 Å². The van der Waals surface area contributed by atoms with Crippen molar-refractivity contribution < 1.29 is 0 Å². The monoisotopic (exact) mass is 354 g/mol. The Bertz CT molecular complexity index is 639. The van der Waals surface area contributed by atoms with Crippen molar-refractivity contribution in [3.8, 4) is 0 Å². The maximum atomic E-state index is 4.11. The summed E-state index contributed by atoms with van der Waals surface area (Å²) in [6, 6.07) is 8.71. The van der Waals surface area contributed by atoms with Gasteiger partial charge in [-0.25, -0.2) is 0 Å². The fourth-order valence-corrected chi connectivity index (χ4v) is 2.58. The van der Waals surface area contributed by atoms with E-state index < -0.39 is 0 Å². The van der Waals surface area contributed by atoms with E-state index in [1.165, 1.54) is 16.7 Å². The Morgan fingerprint density at radius 1 is 1.23 bits per heavy atom. The molecule has 26 heavy (non-hydrogen) atoms. The van der Waals surface area contributed by atoms with E-state index in [1.54, 1.807) is 6.20 Å². The van der Waals surface area contributed by atoms with Gasteiger partial charge in [-0.1, -0.05) is 51.3 Å². The summed E-state index contributed by atoms with van der Waals surface area (Å²) in [6.07, 6.45) is 4.34. The number of benzene rings is 1. The maximum absolute atomic E-state index is 4.11. The smallest absolute Gasteiger partial charge is 0.0936 e. The van der Waals surface area contributed by atoms with Crippen molar-refractivity contribution in [3.05, 3.63) is 66.1 Å². The van der Waals surface area contributed by atoms with Crippen LogP contribution in [0.25, 0.3) is 5.57 Å². The molecule has 1 aromatic rings. The van der Waals surface area contributed by atoms with Gasteiger partial charge in [0.25, 0.3) is 0 Å². The molecule has 0 saturated carbocycles. The average molecular weight is 355 g/mol. The van der Waals surface area contributed by atoms with Crippen molar-refractivity contribution in [1.29, 1.82) is 0 Å². The van der Waals surface area contributed by atoms with Crippen LogP contribution in [0.2, 0.25) is 0 Å². The molecule has 2 N–H and O–H groups in total. The lowest BCUT2D eigenvalue weighted by Gasteiger charge is -2.24. The molecule has 0 aromatic heterocycles. The molecule has 1 rings (SSSR count). The molecular formula is C22H34N4. The first-order valence-corrected chi connectivity index (χ1v) is 9.15. The number of hydrogen-bond donors (Lipinski definition) is 2. The maximum Gasteiger partial charge on any atom is 0.0936 e. The second-order valence-corrected chi connectivity index (χ2v) is 6.99. The molecule has 0 amide bonds. The molecule has 0 fully saturated rings. The molecule has 4 nitrogen and oxygen atoms in total. The summed E-state index contributed by atoms with van der Waals surface area (Å²) in [5.41, 5.74) is 7.59. The summed E-state index contributed by atoms with van der Waals surface area (Å²) in [6.45, 7) is 18.2. The molecule has 4 heteroatoms. The molecule has 0 unspecified atom stereocenters. The van der Waals surface area contributed by atoms with Crippen molar-refractivity contribution >= 4 is 11.8 Å². The summed E-state index contributed by atoms with van der Waals surface area (Å²) in [5.74, 6) is 1.61. The van der Waals surface area contributed by atoms with Gasteiger partial charge in [-0.2, -0.15) is 5.10 Å². The topological polar surface area (TPSA) is 39.7 Å². The summed E-state index contributed by atoms with van der Waals surface area (Å²) in [7, 11) is 2.08. The van der Waals surface area contributed by atoms with Gasteiger partial charge in [0, 0.05) is 26.3 Å². The zero-order chi connectivity index (χ0) is 19.5. The molecule has 0 heterocycles. The third-order valence-electron chi connectivity index (χ3n) is 4.24. The Morgan fingerprint density at radius 3 is 2.46 bits per heavy atom. The highest BCUT2D eigenvalue weighted by Gasteiger charge is 2.04. The van der Waals surface area contributed by atoms with Gasteiger partial charge in [0.1, 0.15) is 0 Å². The summed E-state index contributed by atoms with van der Waals surface area (Å²) in [4.78, 5) is 2.17. The Morgan fingerprint density at radius 2 is 1.88 bits per heavy atom. The standard InChI is InChI=1S/C22H34N4/c1-8-24-25-15-18(4)19(5)22-11-9-21(10-12-22)13-14-23-20(6)26(7)16-17(2)3/h8-12,15,17,23-24H,1,6,13-14,16H2,2-5,7H3/b19-18+,25-15-. The normalized spacial score (nSPS) is 12.1. The number of allylic oxidation sites excluding steroid dienone is 2. The summed E-state index contributed by atoms with van der Waals surface area (Å²) in [5, 5.41) is 7.48. The Kier molecular flexibility index (Phi) is 9.27. The van der Waals surface area contributed by atoms with Crippen molar-refractivity contribution in [1.82, 2.24) is 15.6 Å². The predicted molar refractivity (Wildman–Crippen MR) is 115 cm³/mol. The first-order valence-electron chi connectivity index (χ1n) is 9.15. The van der Waals surface area contributed by atoms with Gasteiger partial charge in [0.05, 0.1) is 12.0 Å². The molecule has 0 aliphatic carbocycles. The van der Waals surface area contributed by atoms with Crippen LogP contribution in [0.1, 0.15) is 38.8 Å². The molecule has 0 radical (unpaired) electrons. The molecule has 0 atom stereocenters. The predicted octanol–water partition coefficient (Wildman–Crippen LogP) is 4.39. The highest BCUT2D eigenvalue weighted by atomic mass is 15.3. The van der Waals surface area contributed by atoms with E-state index in [4.69, 9.17) is 0 Å². The van der Waals surface area contributed by atoms with E-state index in [1.807, 2.05) is 6.21 Å². The fraction of sp³-hybridized carbons (Fsp3) is 0.409. The molecular weight excluding hydrogens is 320 g/mol. The third-order valence-corrected chi connectivity index (χ3v) is 4.24. The van der Waals surface area contributed by atoms with Gasteiger partial charge in [-0.3, -0.25) is 5.43 Å². The second kappa shape index (κ2) is 11.2. The molecule has 0 spiro atoms. The van der Waals surface area contributed by atoms with Gasteiger partial charge < -0.3 is 10.2 Å². The minimum Gasteiger partial charge on any atom is -0.372 e. The summed E-state index contributed by atoms with van der Waals surface area (Å²) >= 11 is 0. The fourth-order valence-electron chi connectivity index (χ4n) is 2.58.